The molecule has 0 fully saturated rings. The Bertz CT molecular complexity index is 115. The molecule has 3 heteroatoms. The van der Waals surface area contributed by atoms with Gasteiger partial charge in [0.15, 0.2) is 0 Å². The highest BCUT2D eigenvalue weighted by Gasteiger charge is 2.06. The summed E-state index contributed by atoms with van der Waals surface area (Å²) in [6.45, 7) is 2.41. The SMILES string of the molecule is CNCC(CCC(C)=O)OC. The van der Waals surface area contributed by atoms with Gasteiger partial charge in [0.25, 0.3) is 0 Å². The van der Waals surface area contributed by atoms with Crippen LogP contribution in [-0.2, 0) is 9.53 Å². The number of carbonyl (C=O) groups excluding carboxylic acids is 1. The molecule has 0 aromatic heterocycles. The first-order valence-electron chi connectivity index (χ1n) is 3.87. The van der Waals surface area contributed by atoms with Gasteiger partial charge in [-0.15, -0.1) is 0 Å². The molecule has 1 atom stereocenters. The van der Waals surface area contributed by atoms with Crippen LogP contribution in [0.4, 0.5) is 0 Å². The van der Waals surface area contributed by atoms with Gasteiger partial charge in [0.05, 0.1) is 6.10 Å². The summed E-state index contributed by atoms with van der Waals surface area (Å²) < 4.78 is 5.13. The van der Waals surface area contributed by atoms with E-state index in [0.717, 1.165) is 13.0 Å². The van der Waals surface area contributed by atoms with Crippen LogP contribution in [0, 0.1) is 0 Å². The van der Waals surface area contributed by atoms with Crippen molar-refractivity contribution in [3.63, 3.8) is 0 Å². The third-order valence-electron chi connectivity index (χ3n) is 1.58. The van der Waals surface area contributed by atoms with E-state index in [9.17, 15) is 4.79 Å². The highest BCUT2D eigenvalue weighted by atomic mass is 16.5. The number of nitrogens with one attached hydrogen (secondary N) is 1. The maximum Gasteiger partial charge on any atom is 0.129 e. The number of hydrogen-bond acceptors (Lipinski definition) is 3. The van der Waals surface area contributed by atoms with E-state index < -0.39 is 0 Å². The average Bonchev–Trinajstić information content (AvgIpc) is 1.97. The predicted molar refractivity (Wildman–Crippen MR) is 44.6 cm³/mol. The molecule has 0 bridgehead atoms. The number of Topliss-reactive ketones (excluding diaryl/α,β-unsaturated/α-hetero) is 1. The minimum atomic E-state index is 0.170. The van der Waals surface area contributed by atoms with Crippen LogP contribution in [-0.4, -0.2) is 32.6 Å². The highest BCUT2D eigenvalue weighted by Crippen LogP contribution is 2.00. The Hall–Kier alpha value is -0.410. The summed E-state index contributed by atoms with van der Waals surface area (Å²) in [5.74, 6) is 0.225. The fraction of sp³-hybridized carbons (Fsp3) is 0.875. The molecule has 1 unspecified atom stereocenters. The molecule has 0 aromatic carbocycles. The molecule has 0 radical (unpaired) electrons. The Balaban J connectivity index is 3.43. The molecule has 3 nitrogen and oxygen atoms in total. The van der Waals surface area contributed by atoms with Crippen molar-refractivity contribution in [3.8, 4) is 0 Å². The van der Waals surface area contributed by atoms with Gasteiger partial charge in [-0.1, -0.05) is 0 Å². The first-order chi connectivity index (χ1) is 5.20. The van der Waals surface area contributed by atoms with Crippen LogP contribution in [0.25, 0.3) is 0 Å². The van der Waals surface area contributed by atoms with Crippen molar-refractivity contribution in [2.45, 2.75) is 25.9 Å². The smallest absolute Gasteiger partial charge is 0.129 e. The molecule has 0 rings (SSSR count). The zero-order valence-electron chi connectivity index (χ0n) is 7.52. The van der Waals surface area contributed by atoms with Gasteiger partial charge in [0.1, 0.15) is 5.78 Å². The molecular weight excluding hydrogens is 142 g/mol. The third-order valence-corrected chi connectivity index (χ3v) is 1.58. The zero-order chi connectivity index (χ0) is 8.69. The lowest BCUT2D eigenvalue weighted by molar-refractivity contribution is -0.117. The average molecular weight is 159 g/mol. The van der Waals surface area contributed by atoms with Gasteiger partial charge in [0.2, 0.25) is 0 Å². The van der Waals surface area contributed by atoms with Crippen molar-refractivity contribution in [2.75, 3.05) is 20.7 Å². The summed E-state index contributed by atoms with van der Waals surface area (Å²) in [6, 6.07) is 0. The second kappa shape index (κ2) is 6.31. The first kappa shape index (κ1) is 10.6. The van der Waals surface area contributed by atoms with Crippen molar-refractivity contribution in [3.05, 3.63) is 0 Å². The van der Waals surface area contributed by atoms with E-state index in [-0.39, 0.29) is 11.9 Å². The summed E-state index contributed by atoms with van der Waals surface area (Å²) in [7, 11) is 3.54. The molecule has 11 heavy (non-hydrogen) atoms. The molecule has 0 aromatic rings. The molecule has 0 amide bonds. The van der Waals surface area contributed by atoms with Crippen molar-refractivity contribution in [2.24, 2.45) is 0 Å². The number of likely N-dealkylation sites (N-methyl/N-ethyl adjacent to an activating group) is 1. The number of methoxy groups -OCH3 is 1. The van der Waals surface area contributed by atoms with Gasteiger partial charge < -0.3 is 14.8 Å². The van der Waals surface area contributed by atoms with Crippen molar-refractivity contribution >= 4 is 5.78 Å². The van der Waals surface area contributed by atoms with E-state index in [1.54, 1.807) is 14.0 Å². The van der Waals surface area contributed by atoms with Gasteiger partial charge in [-0.05, 0) is 20.4 Å². The maximum atomic E-state index is 10.6. The van der Waals surface area contributed by atoms with Gasteiger partial charge in [-0.3, -0.25) is 0 Å². The van der Waals surface area contributed by atoms with E-state index in [0.29, 0.717) is 6.42 Å². The van der Waals surface area contributed by atoms with Crippen molar-refractivity contribution in [1.82, 2.24) is 5.32 Å². The summed E-state index contributed by atoms with van der Waals surface area (Å²) in [4.78, 5) is 10.6. The standard InChI is InChI=1S/C8H17NO2/c1-7(10)4-5-8(11-3)6-9-2/h8-9H,4-6H2,1-3H3. The monoisotopic (exact) mass is 159 g/mol. The normalized spacial score (nSPS) is 13.0. The number of rotatable bonds is 6. The van der Waals surface area contributed by atoms with E-state index >= 15 is 0 Å². The first-order valence-corrected chi connectivity index (χ1v) is 3.87. The number of ether oxygens (including phenoxy) is 1. The van der Waals surface area contributed by atoms with Crippen LogP contribution in [0.1, 0.15) is 19.8 Å². The van der Waals surface area contributed by atoms with E-state index in [2.05, 4.69) is 5.32 Å². The Morgan fingerprint density at radius 3 is 2.64 bits per heavy atom. The largest absolute Gasteiger partial charge is 0.380 e. The van der Waals surface area contributed by atoms with Gasteiger partial charge in [0, 0.05) is 20.1 Å². The molecule has 0 aliphatic rings. The lowest BCUT2D eigenvalue weighted by Gasteiger charge is -2.12. The van der Waals surface area contributed by atoms with Crippen LogP contribution >= 0.6 is 0 Å². The summed E-state index contributed by atoms with van der Waals surface area (Å²) in [5, 5.41) is 3.01. The van der Waals surface area contributed by atoms with Crippen LogP contribution < -0.4 is 5.32 Å². The highest BCUT2D eigenvalue weighted by molar-refractivity contribution is 5.75. The molecular formula is C8H17NO2. The van der Waals surface area contributed by atoms with E-state index in [1.807, 2.05) is 7.05 Å². The molecule has 0 saturated carbocycles. The zero-order valence-corrected chi connectivity index (χ0v) is 7.52. The van der Waals surface area contributed by atoms with E-state index in [4.69, 9.17) is 4.74 Å². The summed E-state index contributed by atoms with van der Waals surface area (Å²) >= 11 is 0. The Morgan fingerprint density at radius 2 is 2.27 bits per heavy atom. The predicted octanol–water partition coefficient (Wildman–Crippen LogP) is 0.590. The van der Waals surface area contributed by atoms with Crippen molar-refractivity contribution in [1.29, 1.82) is 0 Å². The number of carbonyl (C=O) groups is 1. The van der Waals surface area contributed by atoms with Crippen molar-refractivity contribution < 1.29 is 9.53 Å². The molecule has 0 saturated heterocycles. The summed E-state index contributed by atoms with van der Waals surface area (Å²) in [6.07, 6.45) is 1.59. The second-order valence-electron chi connectivity index (χ2n) is 2.66. The molecule has 0 aliphatic carbocycles. The maximum absolute atomic E-state index is 10.6. The van der Waals surface area contributed by atoms with Crippen LogP contribution in [0.15, 0.2) is 0 Å². The molecule has 0 aliphatic heterocycles. The fourth-order valence-corrected chi connectivity index (χ4v) is 0.895. The van der Waals surface area contributed by atoms with E-state index in [1.165, 1.54) is 0 Å². The number of ketones is 1. The lowest BCUT2D eigenvalue weighted by atomic mass is 10.1. The minimum Gasteiger partial charge on any atom is -0.380 e. The Morgan fingerprint density at radius 1 is 1.64 bits per heavy atom. The van der Waals surface area contributed by atoms with Gasteiger partial charge in [-0.25, -0.2) is 0 Å². The van der Waals surface area contributed by atoms with Gasteiger partial charge >= 0.3 is 0 Å². The quantitative estimate of drug-likeness (QED) is 0.616. The van der Waals surface area contributed by atoms with Crippen LogP contribution in [0.3, 0.4) is 0 Å². The third kappa shape index (κ3) is 6.01. The molecule has 1 N–H and O–H groups in total. The van der Waals surface area contributed by atoms with Crippen LogP contribution in [0.2, 0.25) is 0 Å². The minimum absolute atomic E-state index is 0.170. The molecule has 0 heterocycles. The molecule has 66 valence electrons. The lowest BCUT2D eigenvalue weighted by Crippen LogP contribution is -2.25. The molecule has 0 spiro atoms. The summed E-state index contributed by atoms with van der Waals surface area (Å²) in [5.41, 5.74) is 0. The number of hydrogen-bond donors (Lipinski definition) is 1. The Labute approximate surface area is 68.1 Å². The topological polar surface area (TPSA) is 38.3 Å². The Kier molecular flexibility index (Phi) is 6.07. The second-order valence-corrected chi connectivity index (χ2v) is 2.66. The fourth-order valence-electron chi connectivity index (χ4n) is 0.895. The van der Waals surface area contributed by atoms with Gasteiger partial charge in [-0.2, -0.15) is 0 Å². The van der Waals surface area contributed by atoms with Crippen LogP contribution in [0.5, 0.6) is 0 Å².